The summed E-state index contributed by atoms with van der Waals surface area (Å²) in [5.74, 6) is 0.928. The summed E-state index contributed by atoms with van der Waals surface area (Å²) in [6.45, 7) is 4.67. The summed E-state index contributed by atoms with van der Waals surface area (Å²) in [5.41, 5.74) is 0. The maximum Gasteiger partial charge on any atom is 0.203 e. The molecule has 98 valence electrons. The highest BCUT2D eigenvalue weighted by Crippen LogP contribution is 2.18. The van der Waals surface area contributed by atoms with E-state index in [2.05, 4.69) is 33.9 Å². The fraction of sp³-hybridized carbons (Fsp3) is 0.462. The van der Waals surface area contributed by atoms with Gasteiger partial charge in [0, 0.05) is 42.4 Å². The van der Waals surface area contributed by atoms with Crippen LogP contribution in [-0.4, -0.2) is 29.8 Å². The summed E-state index contributed by atoms with van der Waals surface area (Å²) in [6, 6.07) is 4.33. The number of hydrogen-bond donors (Lipinski definition) is 1. The van der Waals surface area contributed by atoms with Gasteiger partial charge in [0.1, 0.15) is 0 Å². The minimum Gasteiger partial charge on any atom is -0.385 e. The quantitative estimate of drug-likeness (QED) is 0.782. The Kier molecular flexibility index (Phi) is 4.78. The number of rotatable bonds is 7. The third kappa shape index (κ3) is 3.58. The molecule has 5 heteroatoms. The summed E-state index contributed by atoms with van der Waals surface area (Å²) in [7, 11) is 1.72. The molecule has 0 aliphatic rings. The molecule has 2 aromatic heterocycles. The van der Waals surface area contributed by atoms with E-state index >= 15 is 0 Å². The Morgan fingerprint density at radius 1 is 1.44 bits per heavy atom. The summed E-state index contributed by atoms with van der Waals surface area (Å²) >= 11 is 1.83. The van der Waals surface area contributed by atoms with Crippen molar-refractivity contribution in [2.75, 3.05) is 25.6 Å². The first kappa shape index (κ1) is 13.1. The summed E-state index contributed by atoms with van der Waals surface area (Å²) < 4.78 is 7.16. The van der Waals surface area contributed by atoms with E-state index < -0.39 is 0 Å². The largest absolute Gasteiger partial charge is 0.385 e. The van der Waals surface area contributed by atoms with E-state index in [4.69, 9.17) is 4.74 Å². The van der Waals surface area contributed by atoms with Crippen LogP contribution in [0, 0.1) is 6.92 Å². The lowest BCUT2D eigenvalue weighted by Gasteiger charge is -2.08. The average molecular weight is 265 g/mol. The third-order valence-corrected chi connectivity index (χ3v) is 3.63. The average Bonchev–Trinajstić information content (AvgIpc) is 2.95. The van der Waals surface area contributed by atoms with E-state index in [0.717, 1.165) is 32.1 Å². The first-order valence-electron chi connectivity index (χ1n) is 6.09. The van der Waals surface area contributed by atoms with E-state index in [1.807, 2.05) is 23.7 Å². The van der Waals surface area contributed by atoms with Crippen molar-refractivity contribution in [2.45, 2.75) is 19.9 Å². The predicted molar refractivity (Wildman–Crippen MR) is 75.4 cm³/mol. The molecular formula is C13H19N3OS. The van der Waals surface area contributed by atoms with E-state index in [1.54, 1.807) is 7.11 Å². The van der Waals surface area contributed by atoms with Gasteiger partial charge in [-0.1, -0.05) is 0 Å². The number of aromatic nitrogens is 2. The van der Waals surface area contributed by atoms with Gasteiger partial charge in [-0.3, -0.25) is 0 Å². The number of nitrogens with zero attached hydrogens (tertiary/aromatic N) is 2. The molecule has 0 amide bonds. The summed E-state index contributed by atoms with van der Waals surface area (Å²) in [5, 5.41) is 3.33. The minimum atomic E-state index is 0.776. The molecule has 0 spiro atoms. The third-order valence-electron chi connectivity index (χ3n) is 2.65. The van der Waals surface area contributed by atoms with Gasteiger partial charge in [0.05, 0.1) is 6.54 Å². The molecule has 0 radical (unpaired) electrons. The summed E-state index contributed by atoms with van der Waals surface area (Å²) in [6.07, 6.45) is 4.83. The van der Waals surface area contributed by atoms with Crippen molar-refractivity contribution in [3.8, 4) is 0 Å². The van der Waals surface area contributed by atoms with Gasteiger partial charge in [0.25, 0.3) is 0 Å². The second-order valence-electron chi connectivity index (χ2n) is 4.16. The molecule has 0 aliphatic carbocycles. The van der Waals surface area contributed by atoms with Crippen LogP contribution < -0.4 is 5.32 Å². The van der Waals surface area contributed by atoms with Crippen molar-refractivity contribution in [1.82, 2.24) is 9.55 Å². The molecule has 0 saturated heterocycles. The second kappa shape index (κ2) is 6.56. The van der Waals surface area contributed by atoms with Crippen LogP contribution in [0.1, 0.15) is 16.2 Å². The molecule has 18 heavy (non-hydrogen) atoms. The van der Waals surface area contributed by atoms with Crippen LogP contribution in [0.25, 0.3) is 0 Å². The highest BCUT2D eigenvalue weighted by Gasteiger charge is 2.04. The van der Waals surface area contributed by atoms with Gasteiger partial charge in [-0.05, 0) is 25.5 Å². The van der Waals surface area contributed by atoms with Crippen LogP contribution in [0.15, 0.2) is 24.5 Å². The Bertz CT molecular complexity index is 478. The number of thiophene rings is 1. The van der Waals surface area contributed by atoms with Crippen LogP contribution in [-0.2, 0) is 11.3 Å². The van der Waals surface area contributed by atoms with Crippen molar-refractivity contribution < 1.29 is 4.74 Å². The molecule has 0 aliphatic heterocycles. The molecule has 4 nitrogen and oxygen atoms in total. The lowest BCUT2D eigenvalue weighted by Crippen LogP contribution is -2.10. The number of ether oxygens (including phenoxy) is 1. The molecule has 0 saturated carbocycles. The Morgan fingerprint density at radius 3 is 3.06 bits per heavy atom. The molecule has 1 N–H and O–H groups in total. The van der Waals surface area contributed by atoms with E-state index in [1.165, 1.54) is 9.75 Å². The smallest absolute Gasteiger partial charge is 0.203 e. The molecule has 2 rings (SSSR count). The number of hydrogen-bond acceptors (Lipinski definition) is 4. The number of nitrogens with one attached hydrogen (secondary N) is 1. The zero-order valence-electron chi connectivity index (χ0n) is 10.8. The number of methoxy groups -OCH3 is 1. The van der Waals surface area contributed by atoms with Crippen LogP contribution in [0.2, 0.25) is 0 Å². The monoisotopic (exact) mass is 265 g/mol. The van der Waals surface area contributed by atoms with Gasteiger partial charge < -0.3 is 14.6 Å². The van der Waals surface area contributed by atoms with E-state index in [0.29, 0.717) is 0 Å². The highest BCUT2D eigenvalue weighted by atomic mass is 32.1. The van der Waals surface area contributed by atoms with Gasteiger partial charge in [-0.25, -0.2) is 4.98 Å². The first-order chi connectivity index (χ1) is 8.79. The maximum atomic E-state index is 5.02. The van der Waals surface area contributed by atoms with Gasteiger partial charge in [0.15, 0.2) is 0 Å². The van der Waals surface area contributed by atoms with Gasteiger partial charge >= 0.3 is 0 Å². The van der Waals surface area contributed by atoms with E-state index in [-0.39, 0.29) is 0 Å². The molecule has 0 bridgehead atoms. The predicted octanol–water partition coefficient (Wildman–Crippen LogP) is 2.75. The van der Waals surface area contributed by atoms with E-state index in [9.17, 15) is 0 Å². The Labute approximate surface area is 112 Å². The number of aryl methyl sites for hydroxylation is 1. The minimum absolute atomic E-state index is 0.776. The lowest BCUT2D eigenvalue weighted by atomic mass is 10.4. The topological polar surface area (TPSA) is 39.1 Å². The van der Waals surface area contributed by atoms with Gasteiger partial charge in [-0.15, -0.1) is 11.3 Å². The molecule has 0 unspecified atom stereocenters. The van der Waals surface area contributed by atoms with Crippen molar-refractivity contribution in [2.24, 2.45) is 0 Å². The number of imidazole rings is 1. The number of anilines is 1. The fourth-order valence-electron chi connectivity index (χ4n) is 1.76. The zero-order valence-corrected chi connectivity index (χ0v) is 11.7. The first-order valence-corrected chi connectivity index (χ1v) is 6.90. The standard InChI is InChI=1S/C13H19N3OS/c1-11-4-5-12(18-11)10-16-8-7-15-13(16)14-6-3-9-17-2/h4-5,7-8H,3,6,9-10H2,1-2H3,(H,14,15). The second-order valence-corrected chi connectivity index (χ2v) is 5.54. The van der Waals surface area contributed by atoms with Gasteiger partial charge in [-0.2, -0.15) is 0 Å². The van der Waals surface area contributed by atoms with Crippen molar-refractivity contribution in [3.05, 3.63) is 34.3 Å². The van der Waals surface area contributed by atoms with Crippen LogP contribution in [0.3, 0.4) is 0 Å². The van der Waals surface area contributed by atoms with Crippen molar-refractivity contribution in [3.63, 3.8) is 0 Å². The SMILES string of the molecule is COCCCNc1nccn1Cc1ccc(C)s1. The molecule has 0 atom stereocenters. The van der Waals surface area contributed by atoms with Crippen LogP contribution in [0.4, 0.5) is 5.95 Å². The normalized spacial score (nSPS) is 10.8. The fourth-order valence-corrected chi connectivity index (χ4v) is 2.65. The van der Waals surface area contributed by atoms with Crippen LogP contribution in [0.5, 0.6) is 0 Å². The van der Waals surface area contributed by atoms with Gasteiger partial charge in [0.2, 0.25) is 5.95 Å². The molecular weight excluding hydrogens is 246 g/mol. The molecule has 0 fully saturated rings. The Hall–Kier alpha value is -1.33. The molecule has 0 aromatic carbocycles. The Morgan fingerprint density at radius 2 is 2.33 bits per heavy atom. The van der Waals surface area contributed by atoms with Crippen molar-refractivity contribution >= 4 is 17.3 Å². The molecule has 2 heterocycles. The lowest BCUT2D eigenvalue weighted by molar-refractivity contribution is 0.197. The zero-order chi connectivity index (χ0) is 12.8. The summed E-state index contributed by atoms with van der Waals surface area (Å²) in [4.78, 5) is 7.03. The molecule has 2 aromatic rings. The Balaban J connectivity index is 1.91. The van der Waals surface area contributed by atoms with Crippen molar-refractivity contribution in [1.29, 1.82) is 0 Å². The maximum absolute atomic E-state index is 5.02. The van der Waals surface area contributed by atoms with Crippen LogP contribution >= 0.6 is 11.3 Å². The highest BCUT2D eigenvalue weighted by molar-refractivity contribution is 7.11.